The Morgan fingerprint density at radius 1 is 1.00 bits per heavy atom. The van der Waals surface area contributed by atoms with Gasteiger partial charge in [-0.05, 0) is 22.6 Å². The van der Waals surface area contributed by atoms with Crippen molar-refractivity contribution in [2.24, 2.45) is 0 Å². The Morgan fingerprint density at radius 3 is 1.89 bits per heavy atom. The molecule has 0 fully saturated rings. The topological polar surface area (TPSA) is 23.8 Å². The fourth-order valence-electron chi connectivity index (χ4n) is 1.96. The SMILES string of the molecule is CC(C)(C)[NH-].C[Si]C.Ic1ccc(-c2cc3ccccc3[cH-]2)cc1.[Cl][Zr+2][Cl]. The molecule has 0 aromatic heterocycles. The van der Waals surface area contributed by atoms with Gasteiger partial charge in [-0.2, -0.15) is 0 Å². The van der Waals surface area contributed by atoms with Crippen molar-refractivity contribution in [3.8, 4) is 11.1 Å². The maximum atomic E-state index is 6.94. The van der Waals surface area contributed by atoms with Crippen molar-refractivity contribution in [3.05, 3.63) is 70.0 Å². The summed E-state index contributed by atoms with van der Waals surface area (Å²) < 4.78 is 1.28. The Balaban J connectivity index is 0.000000516. The molecule has 0 aliphatic carbocycles. The van der Waals surface area contributed by atoms with E-state index in [4.69, 9.17) is 22.8 Å². The summed E-state index contributed by atoms with van der Waals surface area (Å²) in [5, 5.41) is 2.63. The third-order valence-corrected chi connectivity index (χ3v) is 3.51. The molecule has 0 saturated heterocycles. The molecule has 0 bridgehead atoms. The van der Waals surface area contributed by atoms with E-state index in [0.29, 0.717) is 0 Å². The van der Waals surface area contributed by atoms with Crippen molar-refractivity contribution in [1.82, 2.24) is 0 Å². The van der Waals surface area contributed by atoms with Gasteiger partial charge in [-0.15, -0.1) is 40.1 Å². The van der Waals surface area contributed by atoms with Gasteiger partial charge in [-0.1, -0.05) is 81.9 Å². The van der Waals surface area contributed by atoms with Crippen LogP contribution < -0.4 is 0 Å². The van der Waals surface area contributed by atoms with Gasteiger partial charge in [0.1, 0.15) is 0 Å². The average Bonchev–Trinajstić information content (AvgIpc) is 2.99. The molecule has 0 saturated carbocycles. The minimum atomic E-state index is -0.826. The Labute approximate surface area is 199 Å². The van der Waals surface area contributed by atoms with Gasteiger partial charge >= 0.3 is 37.9 Å². The van der Waals surface area contributed by atoms with Crippen LogP contribution in [0.2, 0.25) is 13.1 Å². The van der Waals surface area contributed by atoms with Crippen LogP contribution in [-0.4, -0.2) is 15.1 Å². The molecule has 0 aliphatic heterocycles. The maximum absolute atomic E-state index is 6.94. The first-order valence-electron chi connectivity index (χ1n) is 8.37. The van der Waals surface area contributed by atoms with Gasteiger partial charge in [0.05, 0.1) is 0 Å². The first kappa shape index (κ1) is 27.4. The second kappa shape index (κ2) is 15.3. The molecule has 0 amide bonds. The molecule has 0 unspecified atom stereocenters. The zero-order chi connectivity index (χ0) is 20.9. The van der Waals surface area contributed by atoms with Crippen molar-refractivity contribution >= 4 is 59.9 Å². The quantitative estimate of drug-likeness (QED) is 0.150. The first-order chi connectivity index (χ1) is 12.7. The van der Waals surface area contributed by atoms with E-state index in [1.54, 1.807) is 0 Å². The summed E-state index contributed by atoms with van der Waals surface area (Å²) >= 11 is 1.50. The number of fused-ring (bicyclic) bond motifs is 1. The average molecular weight is 610 g/mol. The number of hydrogen-bond acceptors (Lipinski definition) is 0. The standard InChI is InChI=1S/C15H10I.C4H10N.C2H6Si.2ClH.Zr/c16-15-7-5-11(6-8-15)14-9-12-3-1-2-4-13(12)10-14;1-4(2,3)5;1-3-2;;;/h1-10H;5H,1-3H3;1-2H3;2*1H;/q2*-1;;;;+4/p-2. The predicted molar refractivity (Wildman–Crippen MR) is 131 cm³/mol. The first-order valence-corrected chi connectivity index (χ1v) is 17.8. The van der Waals surface area contributed by atoms with Crippen LogP contribution in [0.25, 0.3) is 27.6 Å². The van der Waals surface area contributed by atoms with Gasteiger partial charge in [0.2, 0.25) is 0 Å². The molecular weight excluding hydrogens is 583 g/mol. The Hall–Kier alpha value is 0.420. The Bertz CT molecular complexity index is 714. The van der Waals surface area contributed by atoms with Crippen LogP contribution in [0.5, 0.6) is 0 Å². The van der Waals surface area contributed by atoms with E-state index in [-0.39, 0.29) is 5.54 Å². The summed E-state index contributed by atoms with van der Waals surface area (Å²) in [6.07, 6.45) is 0. The van der Waals surface area contributed by atoms with Gasteiger partial charge in [-0.3, -0.25) is 0 Å². The Morgan fingerprint density at radius 2 is 1.44 bits per heavy atom. The molecule has 0 atom stereocenters. The van der Waals surface area contributed by atoms with Crippen LogP contribution in [-0.2, 0) is 20.8 Å². The summed E-state index contributed by atoms with van der Waals surface area (Å²) in [4.78, 5) is 0. The van der Waals surface area contributed by atoms with Gasteiger partial charge in [0, 0.05) is 13.1 Å². The van der Waals surface area contributed by atoms with Crippen LogP contribution in [0.15, 0.2) is 60.7 Å². The molecule has 3 aromatic carbocycles. The van der Waals surface area contributed by atoms with Gasteiger partial charge < -0.3 is 5.73 Å². The third kappa shape index (κ3) is 14.1. The van der Waals surface area contributed by atoms with Crippen LogP contribution in [0.1, 0.15) is 20.8 Å². The molecule has 144 valence electrons. The fourth-order valence-corrected chi connectivity index (χ4v) is 2.32. The molecule has 0 spiro atoms. The summed E-state index contributed by atoms with van der Waals surface area (Å²) in [7, 11) is 11.0. The third-order valence-electron chi connectivity index (χ3n) is 2.80. The van der Waals surface area contributed by atoms with Crippen molar-refractivity contribution in [3.63, 3.8) is 0 Å². The monoisotopic (exact) mass is 607 g/mol. The van der Waals surface area contributed by atoms with Crippen molar-refractivity contribution in [1.29, 1.82) is 0 Å². The molecule has 1 nitrogen and oxygen atoms in total. The number of benzene rings is 2. The number of hydrogen-bond donors (Lipinski definition) is 0. The van der Waals surface area contributed by atoms with E-state index in [1.807, 2.05) is 20.8 Å². The molecule has 3 aromatic rings. The van der Waals surface area contributed by atoms with Crippen LogP contribution >= 0.6 is 39.6 Å². The summed E-state index contributed by atoms with van der Waals surface area (Å²) in [5.41, 5.74) is 9.28. The summed E-state index contributed by atoms with van der Waals surface area (Å²) in [6.45, 7) is 9.87. The molecule has 6 heteroatoms. The number of rotatable bonds is 1. The van der Waals surface area contributed by atoms with E-state index in [1.165, 1.54) is 25.5 Å². The second-order valence-corrected chi connectivity index (χ2v) is 12.7. The van der Waals surface area contributed by atoms with E-state index in [9.17, 15) is 0 Å². The number of nitrogens with one attached hydrogen (secondary N) is 1. The van der Waals surface area contributed by atoms with E-state index >= 15 is 0 Å². The van der Waals surface area contributed by atoms with Crippen molar-refractivity contribution in [2.75, 3.05) is 0 Å². The van der Waals surface area contributed by atoms with Crippen LogP contribution in [0.3, 0.4) is 0 Å². The zero-order valence-electron chi connectivity index (χ0n) is 16.4. The van der Waals surface area contributed by atoms with E-state index in [2.05, 4.69) is 96.3 Å². The molecule has 27 heavy (non-hydrogen) atoms. The van der Waals surface area contributed by atoms with Gasteiger partial charge in [0.15, 0.2) is 0 Å². The fraction of sp³-hybridized carbons (Fsp3) is 0.286. The van der Waals surface area contributed by atoms with Gasteiger partial charge in [-0.25, -0.2) is 0 Å². The minimum absolute atomic E-state index is 0.250. The zero-order valence-corrected chi connectivity index (χ0v) is 23.5. The van der Waals surface area contributed by atoms with Crippen LogP contribution in [0, 0.1) is 3.57 Å². The van der Waals surface area contributed by atoms with Crippen molar-refractivity contribution < 1.29 is 20.8 Å². The molecule has 0 heterocycles. The van der Waals surface area contributed by atoms with Crippen molar-refractivity contribution in [2.45, 2.75) is 39.4 Å². The van der Waals surface area contributed by atoms with E-state index in [0.717, 1.165) is 9.52 Å². The molecule has 1 N–H and O–H groups in total. The second-order valence-electron chi connectivity index (χ2n) is 6.70. The van der Waals surface area contributed by atoms with Gasteiger partial charge in [0.25, 0.3) is 0 Å². The molecule has 2 radical (unpaired) electrons. The summed E-state index contributed by atoms with van der Waals surface area (Å²) in [6, 6.07) is 21.6. The molecule has 3 rings (SSSR count). The normalized spacial score (nSPS) is 9.67. The van der Waals surface area contributed by atoms with E-state index < -0.39 is 20.8 Å². The summed E-state index contributed by atoms with van der Waals surface area (Å²) in [5.74, 6) is 0. The number of halogens is 3. The predicted octanol–water partition coefficient (Wildman–Crippen LogP) is 8.83. The molecule has 0 aliphatic rings. The van der Waals surface area contributed by atoms with Crippen LogP contribution in [0.4, 0.5) is 0 Å². The molecular formula is C21H26Cl2INSiZr. The Kier molecular flexibility index (Phi) is 15.5.